The lowest BCUT2D eigenvalue weighted by molar-refractivity contribution is -0.134. The van der Waals surface area contributed by atoms with E-state index >= 15 is 0 Å². The Labute approximate surface area is 171 Å². The first-order valence-electron chi connectivity index (χ1n) is 9.14. The molecule has 0 radical (unpaired) electrons. The average molecular weight is 410 g/mol. The van der Waals surface area contributed by atoms with Gasteiger partial charge in [0.05, 0.1) is 4.90 Å². The molecule has 0 aliphatic heterocycles. The van der Waals surface area contributed by atoms with Crippen molar-refractivity contribution in [3.05, 3.63) is 77.9 Å². The van der Waals surface area contributed by atoms with Crippen molar-refractivity contribution in [2.24, 2.45) is 0 Å². The molecule has 0 aliphatic carbocycles. The molecule has 0 amide bonds. The minimum atomic E-state index is -3.84. The van der Waals surface area contributed by atoms with E-state index in [0.717, 1.165) is 16.9 Å². The third-order valence-corrected chi connectivity index (χ3v) is 6.56. The molecule has 0 aromatic heterocycles. The summed E-state index contributed by atoms with van der Waals surface area (Å²) < 4.78 is 24.1. The van der Waals surface area contributed by atoms with Gasteiger partial charge in [-0.3, -0.25) is 4.79 Å². The van der Waals surface area contributed by atoms with Crippen LogP contribution in [0.25, 0.3) is 11.1 Å². The van der Waals surface area contributed by atoms with E-state index in [9.17, 15) is 13.2 Å². The molecule has 0 aliphatic rings. The van der Waals surface area contributed by atoms with Gasteiger partial charge in [-0.15, -0.1) is 0 Å². The summed E-state index contributed by atoms with van der Waals surface area (Å²) in [6.07, 6.45) is 0. The molecule has 0 unspecified atom stereocenters. The van der Waals surface area contributed by atoms with Gasteiger partial charge in [0, 0.05) is 18.4 Å². The van der Waals surface area contributed by atoms with Crippen molar-refractivity contribution in [3.8, 4) is 11.1 Å². The van der Waals surface area contributed by atoms with Gasteiger partial charge < -0.3 is 10.0 Å². The summed E-state index contributed by atoms with van der Waals surface area (Å²) in [5, 5.41) is 8.78. The van der Waals surface area contributed by atoms with Crippen LogP contribution in [0.2, 0.25) is 0 Å². The fourth-order valence-corrected chi connectivity index (χ4v) is 4.30. The second-order valence-electron chi connectivity index (χ2n) is 7.02. The Bertz CT molecular complexity index is 1150. The van der Waals surface area contributed by atoms with Crippen LogP contribution in [0, 0.1) is 13.8 Å². The fourth-order valence-electron chi connectivity index (χ4n) is 3.26. The van der Waals surface area contributed by atoms with Crippen molar-refractivity contribution < 1.29 is 18.3 Å². The summed E-state index contributed by atoms with van der Waals surface area (Å²) in [6, 6.07) is 20.7. The number of carboxylic acids is 1. The molecule has 3 aromatic rings. The molecule has 3 rings (SSSR count). The Hall–Kier alpha value is -3.12. The Balaban J connectivity index is 1.93. The molecule has 0 spiro atoms. The van der Waals surface area contributed by atoms with Crippen LogP contribution in [0.1, 0.15) is 11.1 Å². The lowest BCUT2D eigenvalue weighted by Crippen LogP contribution is -2.15. The maximum atomic E-state index is 12.1. The number of aryl methyl sites for hydroxylation is 2. The highest BCUT2D eigenvalue weighted by atomic mass is 32.2. The number of anilines is 2. The van der Waals surface area contributed by atoms with E-state index in [4.69, 9.17) is 5.11 Å². The number of carboxylic acid groups (broad SMARTS) is 1. The van der Waals surface area contributed by atoms with Gasteiger partial charge >= 0.3 is 5.97 Å². The Morgan fingerprint density at radius 3 is 2.07 bits per heavy atom. The van der Waals surface area contributed by atoms with Gasteiger partial charge in [0.1, 0.15) is 0 Å². The highest BCUT2D eigenvalue weighted by molar-refractivity contribution is 7.92. The van der Waals surface area contributed by atoms with Crippen LogP contribution >= 0.6 is 0 Å². The standard InChI is InChI=1S/C23H23NO4S/c1-16-6-4-5-7-21(16)22-14-19(9-8-17(22)2)24(3)18-10-12-20(13-11-18)29(27,28)15-23(25)26/h4-14H,15H2,1-3H3,(H,25,26). The molecule has 0 saturated heterocycles. The van der Waals surface area contributed by atoms with E-state index in [1.165, 1.54) is 28.8 Å². The maximum Gasteiger partial charge on any atom is 0.319 e. The molecule has 0 heterocycles. The van der Waals surface area contributed by atoms with E-state index in [1.807, 2.05) is 30.1 Å². The lowest BCUT2D eigenvalue weighted by Gasteiger charge is -2.22. The van der Waals surface area contributed by atoms with E-state index in [1.54, 1.807) is 12.1 Å². The van der Waals surface area contributed by atoms with Crippen molar-refractivity contribution in [1.82, 2.24) is 0 Å². The minimum Gasteiger partial charge on any atom is -0.480 e. The van der Waals surface area contributed by atoms with E-state index in [-0.39, 0.29) is 4.90 Å². The molecule has 0 bridgehead atoms. The minimum absolute atomic E-state index is 0.00144. The third-order valence-electron chi connectivity index (χ3n) is 4.94. The number of carbonyl (C=O) groups is 1. The molecule has 0 fully saturated rings. The van der Waals surface area contributed by atoms with Crippen molar-refractivity contribution in [3.63, 3.8) is 0 Å². The van der Waals surface area contributed by atoms with Crippen LogP contribution in [0.3, 0.4) is 0 Å². The quantitative estimate of drug-likeness (QED) is 0.644. The van der Waals surface area contributed by atoms with Crippen molar-refractivity contribution in [1.29, 1.82) is 0 Å². The van der Waals surface area contributed by atoms with Gasteiger partial charge in [-0.25, -0.2) is 8.42 Å². The smallest absolute Gasteiger partial charge is 0.319 e. The van der Waals surface area contributed by atoms with Crippen molar-refractivity contribution >= 4 is 27.2 Å². The Kier molecular flexibility index (Phi) is 5.75. The van der Waals surface area contributed by atoms with Crippen LogP contribution in [0.15, 0.2) is 71.6 Å². The van der Waals surface area contributed by atoms with Gasteiger partial charge in [0.2, 0.25) is 0 Å². The number of aliphatic carboxylic acids is 1. The molecule has 5 nitrogen and oxygen atoms in total. The number of nitrogens with zero attached hydrogens (tertiary/aromatic N) is 1. The summed E-state index contributed by atoms with van der Waals surface area (Å²) in [6.45, 7) is 4.16. The molecule has 6 heteroatoms. The summed E-state index contributed by atoms with van der Waals surface area (Å²) in [5.74, 6) is -2.28. The summed E-state index contributed by atoms with van der Waals surface area (Å²) in [4.78, 5) is 12.7. The second kappa shape index (κ2) is 8.09. The molecule has 0 atom stereocenters. The third kappa shape index (κ3) is 4.49. The van der Waals surface area contributed by atoms with Gasteiger partial charge in [0.25, 0.3) is 0 Å². The first kappa shape index (κ1) is 20.6. The van der Waals surface area contributed by atoms with Gasteiger partial charge in [-0.1, -0.05) is 30.3 Å². The summed E-state index contributed by atoms with van der Waals surface area (Å²) >= 11 is 0. The summed E-state index contributed by atoms with van der Waals surface area (Å²) in [7, 11) is -1.93. The maximum absolute atomic E-state index is 12.1. The molecule has 0 saturated carbocycles. The predicted octanol–water partition coefficient (Wildman–Crippen LogP) is 4.60. The molecule has 3 aromatic carbocycles. The first-order valence-corrected chi connectivity index (χ1v) is 10.8. The van der Waals surface area contributed by atoms with Crippen LogP contribution in [-0.4, -0.2) is 32.3 Å². The highest BCUT2D eigenvalue weighted by Crippen LogP contribution is 2.32. The molecule has 1 N–H and O–H groups in total. The molecule has 150 valence electrons. The largest absolute Gasteiger partial charge is 0.480 e. The van der Waals surface area contributed by atoms with Crippen molar-refractivity contribution in [2.45, 2.75) is 18.7 Å². The normalized spacial score (nSPS) is 11.3. The Morgan fingerprint density at radius 2 is 1.45 bits per heavy atom. The molecular formula is C23H23NO4S. The fraction of sp³-hybridized carbons (Fsp3) is 0.174. The number of hydrogen-bond donors (Lipinski definition) is 1. The van der Waals surface area contributed by atoms with Crippen LogP contribution in [0.4, 0.5) is 11.4 Å². The molecule has 29 heavy (non-hydrogen) atoms. The van der Waals surface area contributed by atoms with E-state index in [0.29, 0.717) is 0 Å². The highest BCUT2D eigenvalue weighted by Gasteiger charge is 2.19. The number of benzene rings is 3. The molecular weight excluding hydrogens is 386 g/mol. The number of rotatable bonds is 6. The zero-order valence-electron chi connectivity index (χ0n) is 16.6. The van der Waals surface area contributed by atoms with Gasteiger partial charge in [0.15, 0.2) is 15.6 Å². The lowest BCUT2D eigenvalue weighted by atomic mass is 9.96. The van der Waals surface area contributed by atoms with Gasteiger partial charge in [-0.05, 0) is 72.5 Å². The zero-order valence-corrected chi connectivity index (χ0v) is 17.4. The first-order chi connectivity index (χ1) is 13.7. The Morgan fingerprint density at radius 1 is 0.862 bits per heavy atom. The summed E-state index contributed by atoms with van der Waals surface area (Å²) in [5.41, 5.74) is 6.47. The van der Waals surface area contributed by atoms with Crippen LogP contribution < -0.4 is 4.90 Å². The van der Waals surface area contributed by atoms with E-state index in [2.05, 4.69) is 38.1 Å². The monoisotopic (exact) mass is 409 g/mol. The number of hydrogen-bond acceptors (Lipinski definition) is 4. The average Bonchev–Trinajstić information content (AvgIpc) is 2.68. The van der Waals surface area contributed by atoms with Crippen LogP contribution in [-0.2, 0) is 14.6 Å². The topological polar surface area (TPSA) is 74.7 Å². The predicted molar refractivity (Wildman–Crippen MR) is 116 cm³/mol. The SMILES string of the molecule is Cc1ccccc1-c1cc(N(C)c2ccc(S(=O)(=O)CC(=O)O)cc2)ccc1C. The second-order valence-corrected chi connectivity index (χ2v) is 9.01. The van der Waals surface area contributed by atoms with E-state index < -0.39 is 21.6 Å². The zero-order chi connectivity index (χ0) is 21.2. The van der Waals surface area contributed by atoms with Gasteiger partial charge in [-0.2, -0.15) is 0 Å². The van der Waals surface area contributed by atoms with Crippen molar-refractivity contribution in [2.75, 3.05) is 17.7 Å². The van der Waals surface area contributed by atoms with Crippen LogP contribution in [0.5, 0.6) is 0 Å². The number of sulfone groups is 1.